The summed E-state index contributed by atoms with van der Waals surface area (Å²) in [6.45, 7) is 4.00. The summed E-state index contributed by atoms with van der Waals surface area (Å²) in [6.07, 6.45) is 8.50. The van der Waals surface area contributed by atoms with Crippen molar-refractivity contribution in [1.82, 2.24) is 4.72 Å². The molecule has 2 aromatic carbocycles. The van der Waals surface area contributed by atoms with E-state index in [0.29, 0.717) is 37.2 Å². The number of ketones is 1. The Bertz CT molecular complexity index is 1460. The van der Waals surface area contributed by atoms with Gasteiger partial charge in [-0.05, 0) is 105 Å². The number of anilines is 1. The molecule has 6 rings (SSSR count). The van der Waals surface area contributed by atoms with Crippen molar-refractivity contribution in [3.63, 3.8) is 0 Å². The lowest BCUT2D eigenvalue weighted by molar-refractivity contribution is -0.127. The summed E-state index contributed by atoms with van der Waals surface area (Å²) in [5, 5.41) is 0.522. The summed E-state index contributed by atoms with van der Waals surface area (Å²) in [7, 11) is -2.86. The predicted molar refractivity (Wildman–Crippen MR) is 167 cm³/mol. The molecule has 2 aliphatic heterocycles. The Morgan fingerprint density at radius 1 is 1.10 bits per heavy atom. The van der Waals surface area contributed by atoms with Gasteiger partial charge in [0.15, 0.2) is 0 Å². The van der Waals surface area contributed by atoms with E-state index in [1.165, 1.54) is 11.1 Å². The average molecular weight is 597 g/mol. The minimum atomic E-state index is -2.86. The van der Waals surface area contributed by atoms with Gasteiger partial charge in [-0.25, -0.2) is 4.21 Å². The number of benzene rings is 2. The fourth-order valence-electron chi connectivity index (χ4n) is 7.57. The number of hydrogen-bond acceptors (Lipinski definition) is 5. The number of carbonyl (C=O) groups is 2. The molecule has 0 saturated heterocycles. The number of rotatable bonds is 1. The average Bonchev–Trinajstić information content (AvgIpc) is 3.07. The monoisotopic (exact) mass is 596 g/mol. The molecule has 1 spiro atoms. The van der Waals surface area contributed by atoms with Crippen LogP contribution in [0.15, 0.2) is 36.4 Å². The Morgan fingerprint density at radius 3 is 2.73 bits per heavy atom. The molecular formula is C33H41ClN2O4S. The quantitative estimate of drug-likeness (QED) is 0.401. The van der Waals surface area contributed by atoms with E-state index < -0.39 is 9.71 Å². The number of carbonyl (C=O) groups excluding carboxylic acids is 2. The minimum absolute atomic E-state index is 0.0782. The van der Waals surface area contributed by atoms with E-state index in [2.05, 4.69) is 27.6 Å². The van der Waals surface area contributed by atoms with E-state index in [-0.39, 0.29) is 28.4 Å². The van der Waals surface area contributed by atoms with Gasteiger partial charge in [0.1, 0.15) is 11.5 Å². The van der Waals surface area contributed by atoms with Crippen molar-refractivity contribution in [2.75, 3.05) is 24.6 Å². The molecule has 1 N–H and O–H groups in total. The second-order valence-electron chi connectivity index (χ2n) is 12.6. The van der Waals surface area contributed by atoms with Gasteiger partial charge in [0.2, 0.25) is 0 Å². The zero-order chi connectivity index (χ0) is 28.8. The molecule has 6 nitrogen and oxygen atoms in total. The first-order valence-electron chi connectivity index (χ1n) is 15.2. The van der Waals surface area contributed by atoms with Gasteiger partial charge in [0.25, 0.3) is 5.91 Å². The van der Waals surface area contributed by atoms with E-state index in [1.807, 2.05) is 25.1 Å². The first-order chi connectivity index (χ1) is 19.7. The normalized spacial score (nSPS) is 32.1. The third kappa shape index (κ3) is 5.52. The number of halogens is 1. The van der Waals surface area contributed by atoms with E-state index in [4.69, 9.17) is 16.3 Å². The highest BCUT2D eigenvalue weighted by Gasteiger charge is 2.44. The number of Topliss-reactive ketones (excluding diaryl/α,β-unsaturated/α-hetero) is 1. The Hall–Kier alpha value is -2.51. The van der Waals surface area contributed by atoms with Gasteiger partial charge in [0, 0.05) is 46.7 Å². The number of nitrogens with zero attached hydrogens (tertiary/aromatic N) is 1. The van der Waals surface area contributed by atoms with Crippen molar-refractivity contribution >= 4 is 44.6 Å². The highest BCUT2D eigenvalue weighted by molar-refractivity contribution is 7.99. The molecule has 1 fully saturated rings. The molecule has 1 amide bonds. The third-order valence-electron chi connectivity index (χ3n) is 10.0. The standard InChI is InChI=1S/C33H41ClN2O4S/c1-3-26-8-4-5-9-30(37)27-13-10-24(27)19-36-20-33(16-6-7-22-17-25(34)12-14-28(22)33)21-40-31-15-11-23(18-29(31)36)32(38)35-41(26,2)39/h11-12,14-15,17-18,24,26-27H,2-10,13,16,19-21H2,1H3,(H,35,38,39)/t24-,26+,27+,33-,41?/m0/s1. The third-order valence-corrected chi connectivity index (χ3v) is 12.5. The Balaban J connectivity index is 1.41. The number of amides is 1. The van der Waals surface area contributed by atoms with Crippen LogP contribution in [0.25, 0.3) is 0 Å². The van der Waals surface area contributed by atoms with Gasteiger partial charge in [-0.2, -0.15) is 0 Å². The lowest BCUT2D eigenvalue weighted by atomic mass is 9.68. The second kappa shape index (κ2) is 11.3. The van der Waals surface area contributed by atoms with E-state index in [9.17, 15) is 13.8 Å². The minimum Gasteiger partial charge on any atom is -0.490 e. The molecule has 0 radical (unpaired) electrons. The first kappa shape index (κ1) is 28.6. The lowest BCUT2D eigenvalue weighted by Gasteiger charge is -2.44. The summed E-state index contributed by atoms with van der Waals surface area (Å²) >= 11 is 6.39. The topological polar surface area (TPSA) is 75.7 Å². The second-order valence-corrected chi connectivity index (χ2v) is 15.4. The molecule has 2 aliphatic carbocycles. The Morgan fingerprint density at radius 2 is 1.95 bits per heavy atom. The Labute approximate surface area is 249 Å². The molecular weight excluding hydrogens is 556 g/mol. The zero-order valence-electron chi connectivity index (χ0n) is 24.0. The van der Waals surface area contributed by atoms with E-state index in [0.717, 1.165) is 74.5 Å². The van der Waals surface area contributed by atoms with Gasteiger partial charge in [-0.15, -0.1) is 0 Å². The number of fused-ring (bicyclic) bond motifs is 4. The number of nitrogens with one attached hydrogen (secondary N) is 1. The Kier molecular flexibility index (Phi) is 7.88. The maximum atomic E-state index is 13.6. The molecule has 4 aliphatic rings. The van der Waals surface area contributed by atoms with Crippen LogP contribution in [0.4, 0.5) is 5.69 Å². The lowest BCUT2D eigenvalue weighted by Crippen LogP contribution is -2.49. The van der Waals surface area contributed by atoms with E-state index in [1.54, 1.807) is 6.07 Å². The SMILES string of the molecule is C=S1(=O)NC(=O)c2ccc3c(c2)N(C[C@@H]2CC[C@H]2C(=O)CCCC[C@H]1CC)C[C@@]1(CCCc2cc(Cl)ccc21)CO3. The molecule has 5 atom stereocenters. The van der Waals surface area contributed by atoms with Crippen LogP contribution in [0, 0.1) is 11.8 Å². The summed E-state index contributed by atoms with van der Waals surface area (Å²) in [5.74, 6) is 5.06. The van der Waals surface area contributed by atoms with Crippen LogP contribution in [0.1, 0.15) is 86.2 Å². The van der Waals surface area contributed by atoms with E-state index >= 15 is 0 Å². The highest BCUT2D eigenvalue weighted by Crippen LogP contribution is 2.46. The summed E-state index contributed by atoms with van der Waals surface area (Å²) in [6, 6.07) is 11.7. The van der Waals surface area contributed by atoms with Crippen LogP contribution < -0.4 is 14.4 Å². The van der Waals surface area contributed by atoms with Crippen molar-refractivity contribution < 1.29 is 18.5 Å². The van der Waals surface area contributed by atoms with Crippen molar-refractivity contribution in [3.05, 3.63) is 58.1 Å². The predicted octanol–water partition coefficient (Wildman–Crippen LogP) is 6.12. The van der Waals surface area contributed by atoms with Crippen LogP contribution >= 0.6 is 11.6 Å². The molecule has 1 saturated carbocycles. The van der Waals surface area contributed by atoms with Gasteiger partial charge in [0.05, 0.1) is 22.0 Å². The van der Waals surface area contributed by atoms with Crippen LogP contribution in [0.5, 0.6) is 5.75 Å². The molecule has 0 aromatic heterocycles. The summed E-state index contributed by atoms with van der Waals surface area (Å²) in [5.41, 5.74) is 3.65. The van der Waals surface area contributed by atoms with Crippen molar-refractivity contribution in [1.29, 1.82) is 0 Å². The van der Waals surface area contributed by atoms with Gasteiger partial charge in [-0.1, -0.05) is 31.0 Å². The summed E-state index contributed by atoms with van der Waals surface area (Å²) < 4.78 is 22.9. The molecule has 41 heavy (non-hydrogen) atoms. The fraction of sp³-hybridized carbons (Fsp3) is 0.545. The molecule has 2 heterocycles. The van der Waals surface area contributed by atoms with Gasteiger partial charge >= 0.3 is 0 Å². The van der Waals surface area contributed by atoms with Crippen LogP contribution in [0.3, 0.4) is 0 Å². The largest absolute Gasteiger partial charge is 0.490 e. The van der Waals surface area contributed by atoms with Crippen molar-refractivity contribution in [2.45, 2.75) is 81.8 Å². The maximum absolute atomic E-state index is 13.6. The highest BCUT2D eigenvalue weighted by atomic mass is 35.5. The van der Waals surface area contributed by atoms with Crippen LogP contribution in [-0.2, 0) is 26.3 Å². The summed E-state index contributed by atoms with van der Waals surface area (Å²) in [4.78, 5) is 29.2. The number of hydrogen-bond donors (Lipinski definition) is 1. The van der Waals surface area contributed by atoms with Crippen LogP contribution in [0.2, 0.25) is 5.02 Å². The maximum Gasteiger partial charge on any atom is 0.262 e. The zero-order valence-corrected chi connectivity index (χ0v) is 25.5. The molecule has 220 valence electrons. The molecule has 1 unspecified atom stereocenters. The molecule has 2 bridgehead atoms. The van der Waals surface area contributed by atoms with Crippen molar-refractivity contribution in [3.8, 4) is 5.75 Å². The molecule has 8 heteroatoms. The van der Waals surface area contributed by atoms with Crippen molar-refractivity contribution in [2.24, 2.45) is 11.8 Å². The smallest absolute Gasteiger partial charge is 0.262 e. The van der Waals surface area contributed by atoms with Crippen LogP contribution in [-0.4, -0.2) is 46.7 Å². The van der Waals surface area contributed by atoms with Gasteiger partial charge < -0.3 is 9.64 Å². The van der Waals surface area contributed by atoms with Gasteiger partial charge in [-0.3, -0.25) is 14.3 Å². The first-order valence-corrected chi connectivity index (χ1v) is 17.4. The number of ether oxygens (including phenoxy) is 1. The number of aryl methyl sites for hydroxylation is 1. The fourth-order valence-corrected chi connectivity index (χ4v) is 9.45. The molecule has 2 aromatic rings.